The lowest BCUT2D eigenvalue weighted by Gasteiger charge is -2.26. The number of aromatic nitrogens is 1. The number of nitrogens with one attached hydrogen (secondary N) is 2. The van der Waals surface area contributed by atoms with E-state index in [0.717, 1.165) is 60.3 Å². The number of aldehydes is 1. The second-order valence-corrected chi connectivity index (χ2v) is 9.69. The Morgan fingerprint density at radius 1 is 1.11 bits per heavy atom. The van der Waals surface area contributed by atoms with Gasteiger partial charge in [-0.05, 0) is 87.0 Å². The molecule has 2 heterocycles. The summed E-state index contributed by atoms with van der Waals surface area (Å²) in [6, 6.07) is 11.8. The molecular formula is C32H41N3O3. The van der Waals surface area contributed by atoms with Crippen molar-refractivity contribution in [3.8, 4) is 11.1 Å². The third-order valence-corrected chi connectivity index (χ3v) is 6.89. The highest BCUT2D eigenvalue weighted by molar-refractivity contribution is 6.14. The van der Waals surface area contributed by atoms with E-state index in [4.69, 9.17) is 4.74 Å². The number of ketones is 1. The Labute approximate surface area is 226 Å². The number of hydrogen-bond acceptors (Lipinski definition) is 5. The number of aryl methyl sites for hydroxylation is 2. The second-order valence-electron chi connectivity index (χ2n) is 9.69. The number of carbonyl (C=O) groups is 2. The lowest BCUT2D eigenvalue weighted by atomic mass is 9.95. The van der Waals surface area contributed by atoms with Crippen molar-refractivity contribution in [2.24, 2.45) is 0 Å². The fourth-order valence-electron chi connectivity index (χ4n) is 4.46. The van der Waals surface area contributed by atoms with Crippen LogP contribution in [0.1, 0.15) is 53.9 Å². The Morgan fingerprint density at radius 2 is 1.87 bits per heavy atom. The fraction of sp³-hybridized carbons (Fsp3) is 0.375. The van der Waals surface area contributed by atoms with Gasteiger partial charge in [-0.15, -0.1) is 0 Å². The van der Waals surface area contributed by atoms with Crippen molar-refractivity contribution in [1.29, 1.82) is 0 Å². The van der Waals surface area contributed by atoms with Crippen LogP contribution >= 0.6 is 0 Å². The topological polar surface area (TPSA) is 74.4 Å². The summed E-state index contributed by atoms with van der Waals surface area (Å²) in [6.45, 7) is 13.3. The van der Waals surface area contributed by atoms with Crippen molar-refractivity contribution in [3.63, 3.8) is 0 Å². The quantitative estimate of drug-likeness (QED) is 0.156. The zero-order valence-electron chi connectivity index (χ0n) is 23.4. The maximum Gasteiger partial charge on any atom is 0.159 e. The molecule has 1 aliphatic rings. The van der Waals surface area contributed by atoms with Crippen molar-refractivity contribution in [3.05, 3.63) is 77.1 Å². The molecule has 2 N–H and O–H groups in total. The second kappa shape index (κ2) is 14.5. The summed E-state index contributed by atoms with van der Waals surface area (Å²) in [4.78, 5) is 29.6. The van der Waals surface area contributed by atoms with Gasteiger partial charge in [-0.3, -0.25) is 14.5 Å². The van der Waals surface area contributed by atoms with Crippen molar-refractivity contribution in [2.75, 3.05) is 39.9 Å². The molecular weight excluding hydrogens is 474 g/mol. The summed E-state index contributed by atoms with van der Waals surface area (Å²) in [5.41, 5.74) is 7.14. The van der Waals surface area contributed by atoms with E-state index < -0.39 is 0 Å². The highest BCUT2D eigenvalue weighted by Gasteiger charge is 2.18. The van der Waals surface area contributed by atoms with E-state index in [2.05, 4.69) is 54.2 Å². The molecule has 0 unspecified atom stereocenters. The average Bonchev–Trinajstić information content (AvgIpc) is 3.31. The fourth-order valence-corrected chi connectivity index (χ4v) is 4.46. The van der Waals surface area contributed by atoms with E-state index in [9.17, 15) is 9.59 Å². The first-order chi connectivity index (χ1) is 18.4. The molecule has 38 heavy (non-hydrogen) atoms. The molecule has 2 aromatic carbocycles. The maximum absolute atomic E-state index is 11.9. The van der Waals surface area contributed by atoms with Crippen LogP contribution in [0.5, 0.6) is 0 Å². The van der Waals surface area contributed by atoms with Crippen LogP contribution in [-0.2, 0) is 9.53 Å². The molecule has 3 aromatic rings. The van der Waals surface area contributed by atoms with E-state index in [1.54, 1.807) is 38.4 Å². The standard InChI is InChI=1S/C24H24N2O2.C8H17NO/c1-15-7-8-19(12-16(15)2)23-21-13-18(17(3)28)9-10-22(21)26-24(23)20(14-27)6-5-11-25-4;1-2-3-4-9-5-7-10-8-6-9/h5-14,25-26H,1-4H3;2-8H2,1H3/b11-5-,20-6+;. The Kier molecular flexibility index (Phi) is 11.1. The minimum absolute atomic E-state index is 0.0128. The van der Waals surface area contributed by atoms with Gasteiger partial charge in [0.25, 0.3) is 0 Å². The first-order valence-electron chi connectivity index (χ1n) is 13.4. The third-order valence-electron chi connectivity index (χ3n) is 6.89. The molecule has 0 atom stereocenters. The highest BCUT2D eigenvalue weighted by atomic mass is 16.5. The van der Waals surface area contributed by atoms with Crippen molar-refractivity contribution >= 4 is 28.5 Å². The van der Waals surface area contributed by atoms with Crippen LogP contribution in [0.2, 0.25) is 0 Å². The molecule has 6 nitrogen and oxygen atoms in total. The lowest BCUT2D eigenvalue weighted by molar-refractivity contribution is -0.103. The Hall–Kier alpha value is -3.48. The largest absolute Gasteiger partial charge is 0.394 e. The van der Waals surface area contributed by atoms with Gasteiger partial charge >= 0.3 is 0 Å². The van der Waals surface area contributed by atoms with Gasteiger partial charge in [0, 0.05) is 47.7 Å². The first-order valence-corrected chi connectivity index (χ1v) is 13.4. The normalized spacial score (nSPS) is 14.4. The molecule has 0 aliphatic carbocycles. The average molecular weight is 516 g/mol. The van der Waals surface area contributed by atoms with Crippen LogP contribution in [0, 0.1) is 13.8 Å². The van der Waals surface area contributed by atoms with Gasteiger partial charge in [0.05, 0.1) is 18.9 Å². The van der Waals surface area contributed by atoms with E-state index in [0.29, 0.717) is 11.1 Å². The van der Waals surface area contributed by atoms with E-state index in [-0.39, 0.29) is 5.78 Å². The molecule has 0 bridgehead atoms. The van der Waals surface area contributed by atoms with Gasteiger partial charge in [-0.2, -0.15) is 0 Å². The van der Waals surface area contributed by atoms with Crippen LogP contribution in [0.25, 0.3) is 27.6 Å². The Bertz CT molecular complexity index is 1300. The number of hydrogen-bond donors (Lipinski definition) is 2. The minimum Gasteiger partial charge on any atom is -0.394 e. The number of nitrogens with zero attached hydrogens (tertiary/aromatic N) is 1. The Morgan fingerprint density at radius 3 is 2.50 bits per heavy atom. The SMILES string of the molecule is CCCCN1CCOCC1.CN/C=C\C=C(/C=O)c1[nH]c2ccc(C(C)=O)cc2c1-c1ccc(C)c(C)c1. The Balaban J connectivity index is 0.000000336. The smallest absolute Gasteiger partial charge is 0.159 e. The number of rotatable bonds is 9. The minimum atomic E-state index is 0.0128. The molecule has 0 saturated carbocycles. The number of aromatic amines is 1. The van der Waals surface area contributed by atoms with Crippen LogP contribution < -0.4 is 5.32 Å². The summed E-state index contributed by atoms with van der Waals surface area (Å²) in [5.74, 6) is 0.0128. The lowest BCUT2D eigenvalue weighted by Crippen LogP contribution is -2.36. The number of carbonyl (C=O) groups excluding carboxylic acids is 2. The number of benzene rings is 2. The number of fused-ring (bicyclic) bond motifs is 1. The zero-order chi connectivity index (χ0) is 27.5. The molecule has 4 rings (SSSR count). The molecule has 1 saturated heterocycles. The number of morpholine rings is 1. The monoisotopic (exact) mass is 515 g/mol. The van der Waals surface area contributed by atoms with Crippen LogP contribution in [-0.4, -0.2) is 61.8 Å². The molecule has 0 spiro atoms. The van der Waals surface area contributed by atoms with Crippen molar-refractivity contribution in [2.45, 2.75) is 40.5 Å². The molecule has 1 fully saturated rings. The van der Waals surface area contributed by atoms with Crippen LogP contribution in [0.4, 0.5) is 0 Å². The maximum atomic E-state index is 11.9. The third kappa shape index (κ3) is 7.53. The van der Waals surface area contributed by atoms with Crippen molar-refractivity contribution in [1.82, 2.24) is 15.2 Å². The number of Topliss-reactive ketones (excluding diaryl/α,β-unsaturated/α-hetero) is 1. The molecule has 0 amide bonds. The predicted molar refractivity (Wildman–Crippen MR) is 158 cm³/mol. The molecule has 6 heteroatoms. The summed E-state index contributed by atoms with van der Waals surface area (Å²) in [7, 11) is 1.80. The number of allylic oxidation sites excluding steroid dienone is 3. The van der Waals surface area contributed by atoms with Gasteiger partial charge in [-0.1, -0.05) is 31.5 Å². The predicted octanol–water partition coefficient (Wildman–Crippen LogP) is 6.09. The number of H-pyrrole nitrogens is 1. The summed E-state index contributed by atoms with van der Waals surface area (Å²) >= 11 is 0. The van der Waals surface area contributed by atoms with Gasteiger partial charge in [0.1, 0.15) is 0 Å². The molecule has 202 valence electrons. The molecule has 0 radical (unpaired) electrons. The van der Waals surface area contributed by atoms with Crippen LogP contribution in [0.15, 0.2) is 54.8 Å². The first kappa shape index (κ1) is 29.1. The van der Waals surface area contributed by atoms with Crippen molar-refractivity contribution < 1.29 is 14.3 Å². The highest BCUT2D eigenvalue weighted by Crippen LogP contribution is 2.37. The van der Waals surface area contributed by atoms with Gasteiger partial charge in [0.2, 0.25) is 0 Å². The summed E-state index contributed by atoms with van der Waals surface area (Å²) in [6.07, 6.45) is 8.80. The van der Waals surface area contributed by atoms with Gasteiger partial charge < -0.3 is 15.0 Å². The summed E-state index contributed by atoms with van der Waals surface area (Å²) in [5, 5.41) is 3.84. The number of ether oxygens (including phenoxy) is 1. The van der Waals surface area contributed by atoms with E-state index >= 15 is 0 Å². The van der Waals surface area contributed by atoms with Gasteiger partial charge in [-0.25, -0.2) is 0 Å². The van der Waals surface area contributed by atoms with Gasteiger partial charge in [0.15, 0.2) is 12.1 Å². The van der Waals surface area contributed by atoms with E-state index in [1.807, 2.05) is 12.1 Å². The molecule has 1 aliphatic heterocycles. The molecule has 1 aromatic heterocycles. The van der Waals surface area contributed by atoms with Crippen LogP contribution in [0.3, 0.4) is 0 Å². The number of unbranched alkanes of at least 4 members (excludes halogenated alkanes) is 1. The van der Waals surface area contributed by atoms with E-state index in [1.165, 1.54) is 30.5 Å². The zero-order valence-corrected chi connectivity index (χ0v) is 23.4. The summed E-state index contributed by atoms with van der Waals surface area (Å²) < 4.78 is 5.24.